The molecule has 0 unspecified atom stereocenters. The number of anilines is 2. The Morgan fingerprint density at radius 1 is 0.696 bits per heavy atom. The van der Waals surface area contributed by atoms with Crippen LogP contribution in [-0.2, 0) is 17.1 Å². The van der Waals surface area contributed by atoms with E-state index in [1.165, 1.54) is 0 Å². The fourth-order valence-corrected chi connectivity index (χ4v) is 0.621. The Labute approximate surface area is 138 Å². The molecule has 2 aromatic heterocycles. The van der Waals surface area contributed by atoms with E-state index in [9.17, 15) is 0 Å². The summed E-state index contributed by atoms with van der Waals surface area (Å²) in [7, 11) is 0. The third-order valence-electron chi connectivity index (χ3n) is 1.17. The third-order valence-corrected chi connectivity index (χ3v) is 1.17. The fourth-order valence-electron chi connectivity index (χ4n) is 0.621. The monoisotopic (exact) mass is 377 g/mol. The SMILES string of the molecule is Nc1ncccn1.Nc1ncccn1.O=[N+]([O-])[O-].O=[N+]([O-])[O-].[Cu+2]. The molecule has 0 atom stereocenters. The van der Waals surface area contributed by atoms with Crippen molar-refractivity contribution in [2.45, 2.75) is 0 Å². The Balaban J connectivity index is -0.000000238. The van der Waals surface area contributed by atoms with Gasteiger partial charge in [0.25, 0.3) is 0 Å². The van der Waals surface area contributed by atoms with Gasteiger partial charge < -0.3 is 42.1 Å². The van der Waals surface area contributed by atoms with E-state index in [0.29, 0.717) is 11.9 Å². The summed E-state index contributed by atoms with van der Waals surface area (Å²) >= 11 is 0. The molecule has 2 aromatic rings. The molecule has 2 heterocycles. The average Bonchev–Trinajstić information content (AvgIpc) is 2.40. The number of nitrogens with two attached hydrogens (primary N) is 2. The summed E-state index contributed by atoms with van der Waals surface area (Å²) in [5, 5.41) is 29.5. The number of nitrogens with zero attached hydrogens (tertiary/aromatic N) is 6. The van der Waals surface area contributed by atoms with Crippen LogP contribution in [0.4, 0.5) is 11.9 Å². The van der Waals surface area contributed by atoms with Gasteiger partial charge in [-0.3, -0.25) is 0 Å². The summed E-state index contributed by atoms with van der Waals surface area (Å²) in [6, 6.07) is 3.44. The van der Waals surface area contributed by atoms with Crippen LogP contribution < -0.4 is 11.5 Å². The molecule has 0 fully saturated rings. The summed E-state index contributed by atoms with van der Waals surface area (Å²) < 4.78 is 0. The molecule has 0 saturated heterocycles. The van der Waals surface area contributed by atoms with Crippen LogP contribution in [0.2, 0.25) is 0 Å². The molecule has 0 bridgehead atoms. The number of rotatable bonds is 0. The number of hydrogen-bond donors (Lipinski definition) is 2. The third kappa shape index (κ3) is 32.3. The van der Waals surface area contributed by atoms with Crippen LogP contribution in [0.5, 0.6) is 0 Å². The molecule has 2 rings (SSSR count). The number of aromatic nitrogens is 4. The molecule has 0 aliphatic heterocycles. The summed E-state index contributed by atoms with van der Waals surface area (Å²) in [5.74, 6) is 0.644. The van der Waals surface area contributed by atoms with Gasteiger partial charge in [-0.15, -0.1) is 0 Å². The van der Waals surface area contributed by atoms with Crippen molar-refractivity contribution in [2.75, 3.05) is 11.5 Å². The van der Waals surface area contributed by atoms with Crippen molar-refractivity contribution in [1.29, 1.82) is 0 Å². The Hall–Kier alpha value is -3.32. The summed E-state index contributed by atoms with van der Waals surface area (Å²) in [5.41, 5.74) is 10.3. The van der Waals surface area contributed by atoms with Crippen LogP contribution in [0.1, 0.15) is 0 Å². The minimum Gasteiger partial charge on any atom is -0.368 e. The normalized spacial score (nSPS) is 7.30. The second kappa shape index (κ2) is 16.7. The summed E-state index contributed by atoms with van der Waals surface area (Å²) in [6.07, 6.45) is 6.40. The van der Waals surface area contributed by atoms with E-state index in [1.54, 1.807) is 36.9 Å². The molecule has 15 heteroatoms. The molecule has 0 saturated carbocycles. The Morgan fingerprint density at radius 3 is 0.957 bits per heavy atom. The van der Waals surface area contributed by atoms with Gasteiger partial charge in [0.05, 0.1) is 10.2 Å². The predicted octanol–water partition coefficient (Wildman–Crippen LogP) is -0.363. The van der Waals surface area contributed by atoms with Crippen molar-refractivity contribution in [3.8, 4) is 0 Å². The zero-order valence-electron chi connectivity index (χ0n) is 11.1. The molecule has 0 aliphatic carbocycles. The van der Waals surface area contributed by atoms with E-state index in [2.05, 4.69) is 19.9 Å². The smallest absolute Gasteiger partial charge is 0.368 e. The van der Waals surface area contributed by atoms with Gasteiger partial charge in [-0.2, -0.15) is 0 Å². The molecule has 14 nitrogen and oxygen atoms in total. The van der Waals surface area contributed by atoms with E-state index < -0.39 is 10.2 Å². The molecule has 23 heavy (non-hydrogen) atoms. The van der Waals surface area contributed by atoms with Gasteiger partial charge in [0.15, 0.2) is 0 Å². The van der Waals surface area contributed by atoms with Gasteiger partial charge in [-0.05, 0) is 12.1 Å². The van der Waals surface area contributed by atoms with Crippen molar-refractivity contribution < 1.29 is 27.2 Å². The van der Waals surface area contributed by atoms with E-state index in [1.807, 2.05) is 0 Å². The molecule has 4 N–H and O–H groups in total. The minimum absolute atomic E-state index is 0. The maximum atomic E-state index is 8.25. The van der Waals surface area contributed by atoms with Gasteiger partial charge in [0.2, 0.25) is 11.9 Å². The first kappa shape index (κ1) is 24.7. The first-order valence-electron chi connectivity index (χ1n) is 4.93. The average molecular weight is 378 g/mol. The molecule has 0 spiro atoms. The van der Waals surface area contributed by atoms with Crippen LogP contribution >= 0.6 is 0 Å². The van der Waals surface area contributed by atoms with Crippen molar-refractivity contribution in [2.24, 2.45) is 0 Å². The van der Waals surface area contributed by atoms with Gasteiger partial charge in [0.1, 0.15) is 0 Å². The van der Waals surface area contributed by atoms with Crippen molar-refractivity contribution >= 4 is 11.9 Å². The predicted molar refractivity (Wildman–Crippen MR) is 73.6 cm³/mol. The standard InChI is InChI=1S/2C4H5N3.Cu.2NO3/c2*5-4-6-2-1-3-7-4;;2*2-1(3)4/h2*1-3H,(H2,5,6,7);;;/q;;+2;2*-1. The van der Waals surface area contributed by atoms with Gasteiger partial charge in [-0.1, -0.05) is 0 Å². The first-order valence-corrected chi connectivity index (χ1v) is 4.93. The largest absolute Gasteiger partial charge is 2.00 e. The summed E-state index contributed by atoms with van der Waals surface area (Å²) in [4.78, 5) is 31.1. The maximum absolute atomic E-state index is 8.25. The van der Waals surface area contributed by atoms with Crippen molar-refractivity contribution in [1.82, 2.24) is 19.9 Å². The second-order valence-electron chi connectivity index (χ2n) is 2.66. The number of nitrogen functional groups attached to an aromatic ring is 2. The maximum Gasteiger partial charge on any atom is 2.00 e. The Morgan fingerprint density at radius 2 is 0.870 bits per heavy atom. The topological polar surface area (TPSA) is 236 Å². The Kier molecular flexibility index (Phi) is 18.0. The van der Waals surface area contributed by atoms with Gasteiger partial charge >= 0.3 is 17.1 Å². The van der Waals surface area contributed by atoms with E-state index >= 15 is 0 Å². The molecule has 1 radical (unpaired) electrons. The first-order chi connectivity index (χ1) is 10.3. The van der Waals surface area contributed by atoms with Crippen LogP contribution in [0.25, 0.3) is 0 Å². The molecule has 0 amide bonds. The van der Waals surface area contributed by atoms with Crippen LogP contribution in [0.3, 0.4) is 0 Å². The molecular formula is C8H10CuN8O6. The Bertz CT molecular complexity index is 475. The molecular weight excluding hydrogens is 368 g/mol. The number of hydrogen-bond acceptors (Lipinski definition) is 12. The van der Waals surface area contributed by atoms with Crippen LogP contribution in [0, 0.1) is 30.6 Å². The van der Waals surface area contributed by atoms with Crippen LogP contribution in [-0.4, -0.2) is 30.1 Å². The molecule has 0 aromatic carbocycles. The van der Waals surface area contributed by atoms with Gasteiger partial charge in [0, 0.05) is 24.8 Å². The van der Waals surface area contributed by atoms with Crippen molar-refractivity contribution in [3.63, 3.8) is 0 Å². The molecule has 0 aliphatic rings. The fraction of sp³-hybridized carbons (Fsp3) is 0. The quantitative estimate of drug-likeness (QED) is 0.339. The summed E-state index contributed by atoms with van der Waals surface area (Å²) in [6.45, 7) is 0. The zero-order chi connectivity index (χ0) is 17.4. The minimum atomic E-state index is -1.75. The zero-order valence-corrected chi connectivity index (χ0v) is 12.0. The van der Waals surface area contributed by atoms with E-state index in [0.717, 1.165) is 0 Å². The molecule has 129 valence electrons. The van der Waals surface area contributed by atoms with Crippen LogP contribution in [0.15, 0.2) is 36.9 Å². The van der Waals surface area contributed by atoms with Gasteiger partial charge in [-0.25, -0.2) is 19.9 Å². The van der Waals surface area contributed by atoms with E-state index in [-0.39, 0.29) is 17.1 Å². The second-order valence-corrected chi connectivity index (χ2v) is 2.66. The van der Waals surface area contributed by atoms with E-state index in [4.69, 9.17) is 42.1 Å². The van der Waals surface area contributed by atoms with Crippen molar-refractivity contribution in [3.05, 3.63) is 67.6 Å².